The number of aromatic nitrogens is 3. The number of aryl methyl sites for hydroxylation is 1. The second kappa shape index (κ2) is 10.0. The van der Waals surface area contributed by atoms with Crippen LogP contribution in [0, 0.1) is 12.7 Å². The Kier molecular flexibility index (Phi) is 7.51. The van der Waals surface area contributed by atoms with Gasteiger partial charge in [-0.3, -0.25) is 4.79 Å². The molecule has 2 aromatic heterocycles. The SMILES string of the molecule is Cc1cnc(-c2cc(O[C@@H](C)[C@H](C)O)cc(C(=O)N[C@H](C)c3cnc(C(F)(F)F)nc3)c2F)s1. The van der Waals surface area contributed by atoms with Gasteiger partial charge in [0.2, 0.25) is 5.82 Å². The second-order valence-corrected chi connectivity index (χ2v) is 8.94. The summed E-state index contributed by atoms with van der Waals surface area (Å²) in [6.07, 6.45) is -2.70. The van der Waals surface area contributed by atoms with Crippen LogP contribution in [0.15, 0.2) is 30.7 Å². The highest BCUT2D eigenvalue weighted by atomic mass is 32.1. The third-order valence-corrected chi connectivity index (χ3v) is 5.86. The van der Waals surface area contributed by atoms with Gasteiger partial charge in [0.1, 0.15) is 22.7 Å². The summed E-state index contributed by atoms with van der Waals surface area (Å²) in [6.45, 7) is 6.45. The van der Waals surface area contributed by atoms with Crippen molar-refractivity contribution in [3.63, 3.8) is 0 Å². The molecule has 0 saturated heterocycles. The number of aliphatic hydroxyl groups is 1. The maximum absolute atomic E-state index is 15.4. The highest BCUT2D eigenvalue weighted by Gasteiger charge is 2.34. The van der Waals surface area contributed by atoms with Gasteiger partial charge < -0.3 is 15.2 Å². The Morgan fingerprint density at radius 2 is 1.76 bits per heavy atom. The van der Waals surface area contributed by atoms with Crippen molar-refractivity contribution in [2.24, 2.45) is 0 Å². The number of nitrogens with zero attached hydrogens (tertiary/aromatic N) is 3. The van der Waals surface area contributed by atoms with E-state index >= 15 is 4.39 Å². The summed E-state index contributed by atoms with van der Waals surface area (Å²) in [7, 11) is 0. The smallest absolute Gasteiger partial charge is 0.451 e. The van der Waals surface area contributed by atoms with Crippen molar-refractivity contribution < 1.29 is 32.2 Å². The number of ether oxygens (including phenoxy) is 1. The third kappa shape index (κ3) is 5.86. The van der Waals surface area contributed by atoms with Crippen LogP contribution in [-0.2, 0) is 6.18 Å². The van der Waals surface area contributed by atoms with Crippen LogP contribution in [0.2, 0.25) is 0 Å². The number of thiazole rings is 1. The van der Waals surface area contributed by atoms with Crippen molar-refractivity contribution in [3.8, 4) is 16.3 Å². The lowest BCUT2D eigenvalue weighted by atomic mass is 10.1. The van der Waals surface area contributed by atoms with Crippen molar-refractivity contribution in [2.45, 2.75) is 52.1 Å². The Morgan fingerprint density at radius 3 is 2.29 bits per heavy atom. The first kappa shape index (κ1) is 25.5. The number of rotatable bonds is 7. The Labute approximate surface area is 196 Å². The van der Waals surface area contributed by atoms with E-state index in [1.165, 1.54) is 37.3 Å². The van der Waals surface area contributed by atoms with Crippen molar-refractivity contribution in [2.75, 3.05) is 0 Å². The Morgan fingerprint density at radius 1 is 1.12 bits per heavy atom. The lowest BCUT2D eigenvalue weighted by Gasteiger charge is -2.20. The lowest BCUT2D eigenvalue weighted by molar-refractivity contribution is -0.145. The van der Waals surface area contributed by atoms with Gasteiger partial charge in [-0.2, -0.15) is 13.2 Å². The molecule has 0 bridgehead atoms. The van der Waals surface area contributed by atoms with Gasteiger partial charge in [-0.05, 0) is 39.8 Å². The molecular weight excluding hydrogens is 476 g/mol. The molecule has 0 aliphatic heterocycles. The number of hydrogen-bond acceptors (Lipinski definition) is 7. The normalized spacial score (nSPS) is 14.4. The quantitative estimate of drug-likeness (QED) is 0.458. The van der Waals surface area contributed by atoms with Gasteiger partial charge in [-0.25, -0.2) is 19.3 Å². The van der Waals surface area contributed by atoms with E-state index in [1.54, 1.807) is 20.0 Å². The van der Waals surface area contributed by atoms with Crippen LogP contribution in [0.3, 0.4) is 0 Å². The number of halogens is 4. The predicted octanol–water partition coefficient (Wildman–Crippen LogP) is 4.71. The first-order valence-electron chi connectivity index (χ1n) is 10.2. The number of carbonyl (C=O) groups excluding carboxylic acids is 1. The summed E-state index contributed by atoms with van der Waals surface area (Å²) < 4.78 is 59.1. The van der Waals surface area contributed by atoms with Gasteiger partial charge in [0.05, 0.1) is 23.3 Å². The second-order valence-electron chi connectivity index (χ2n) is 7.70. The van der Waals surface area contributed by atoms with Crippen LogP contribution in [-0.4, -0.2) is 38.2 Å². The minimum absolute atomic E-state index is 0.0454. The molecule has 12 heteroatoms. The molecule has 3 rings (SSSR count). The van der Waals surface area contributed by atoms with Crippen LogP contribution in [0.4, 0.5) is 17.6 Å². The number of alkyl halides is 3. The minimum Gasteiger partial charge on any atom is -0.488 e. The monoisotopic (exact) mass is 498 g/mol. The molecule has 2 N–H and O–H groups in total. The van der Waals surface area contributed by atoms with E-state index in [-0.39, 0.29) is 22.4 Å². The van der Waals surface area contributed by atoms with Gasteiger partial charge in [-0.15, -0.1) is 11.3 Å². The maximum Gasteiger partial charge on any atom is 0.451 e. The highest BCUT2D eigenvalue weighted by molar-refractivity contribution is 7.14. The van der Waals surface area contributed by atoms with Crippen LogP contribution >= 0.6 is 11.3 Å². The number of carbonyl (C=O) groups is 1. The standard InChI is InChI=1S/C22H22F4N4O3S/c1-10-7-27-20(34-10)17-6-15(33-13(4)12(3)31)5-16(18(17)23)19(32)30-11(2)14-8-28-21(29-9-14)22(24,25)26/h5-9,11-13,31H,1-4H3,(H,30,32)/t11-,12+,13+/m1/s1. The lowest BCUT2D eigenvalue weighted by Crippen LogP contribution is -2.29. The van der Waals surface area contributed by atoms with Gasteiger partial charge in [0.25, 0.3) is 5.91 Å². The first-order chi connectivity index (χ1) is 15.9. The molecule has 1 amide bonds. The van der Waals surface area contributed by atoms with Crippen LogP contribution in [0.1, 0.15) is 53.4 Å². The number of hydrogen-bond donors (Lipinski definition) is 2. The molecule has 0 aliphatic carbocycles. The summed E-state index contributed by atoms with van der Waals surface area (Å²) >= 11 is 1.23. The summed E-state index contributed by atoms with van der Waals surface area (Å²) in [5.41, 5.74) is -0.102. The molecule has 182 valence electrons. The van der Waals surface area contributed by atoms with Crippen molar-refractivity contribution >= 4 is 17.2 Å². The summed E-state index contributed by atoms with van der Waals surface area (Å²) in [4.78, 5) is 24.5. The topological polar surface area (TPSA) is 97.2 Å². The largest absolute Gasteiger partial charge is 0.488 e. The van der Waals surface area contributed by atoms with E-state index in [1.807, 2.05) is 0 Å². The van der Waals surface area contributed by atoms with E-state index in [0.717, 1.165) is 17.3 Å². The fourth-order valence-electron chi connectivity index (χ4n) is 2.84. The molecular formula is C22H22F4N4O3S. The van der Waals surface area contributed by atoms with Gasteiger partial charge in [-0.1, -0.05) is 0 Å². The number of amides is 1. The van der Waals surface area contributed by atoms with Crippen LogP contribution in [0.25, 0.3) is 10.6 Å². The fraction of sp³-hybridized carbons (Fsp3) is 0.364. The fourth-order valence-corrected chi connectivity index (χ4v) is 3.62. The molecule has 3 aromatic rings. The molecule has 0 fully saturated rings. The average Bonchev–Trinajstić information content (AvgIpc) is 3.20. The van der Waals surface area contributed by atoms with Gasteiger partial charge in [0.15, 0.2) is 0 Å². The van der Waals surface area contributed by atoms with Crippen molar-refractivity contribution in [1.82, 2.24) is 20.3 Å². The zero-order valence-electron chi connectivity index (χ0n) is 18.6. The number of benzene rings is 1. The van der Waals surface area contributed by atoms with Gasteiger partial charge >= 0.3 is 6.18 Å². The maximum atomic E-state index is 15.4. The number of nitrogens with one attached hydrogen (secondary N) is 1. The molecule has 0 aliphatic rings. The molecule has 34 heavy (non-hydrogen) atoms. The van der Waals surface area contributed by atoms with Crippen LogP contribution in [0.5, 0.6) is 5.75 Å². The first-order valence-corrected chi connectivity index (χ1v) is 11.0. The average molecular weight is 499 g/mol. The van der Waals surface area contributed by atoms with E-state index < -0.39 is 42.0 Å². The van der Waals surface area contributed by atoms with Crippen LogP contribution < -0.4 is 10.1 Å². The summed E-state index contributed by atoms with van der Waals surface area (Å²) in [5, 5.41) is 12.6. The van der Waals surface area contributed by atoms with E-state index in [9.17, 15) is 23.1 Å². The number of aliphatic hydroxyl groups excluding tert-OH is 1. The molecule has 1 aromatic carbocycles. The Bertz CT molecular complexity index is 1170. The molecule has 2 heterocycles. The summed E-state index contributed by atoms with van der Waals surface area (Å²) in [5.74, 6) is -2.82. The zero-order valence-corrected chi connectivity index (χ0v) is 19.5. The van der Waals surface area contributed by atoms with E-state index in [2.05, 4.69) is 20.3 Å². The Hall–Kier alpha value is -3.12. The highest BCUT2D eigenvalue weighted by Crippen LogP contribution is 2.33. The molecule has 3 atom stereocenters. The van der Waals surface area contributed by atoms with Crippen molar-refractivity contribution in [3.05, 3.63) is 58.4 Å². The molecule has 0 saturated carbocycles. The molecule has 0 radical (unpaired) electrons. The van der Waals surface area contributed by atoms with Gasteiger partial charge in [0, 0.05) is 29.0 Å². The summed E-state index contributed by atoms with van der Waals surface area (Å²) in [6, 6.07) is 1.78. The zero-order chi connectivity index (χ0) is 25.2. The molecule has 7 nitrogen and oxygen atoms in total. The minimum atomic E-state index is -4.69. The molecule has 0 unspecified atom stereocenters. The van der Waals surface area contributed by atoms with Crippen molar-refractivity contribution in [1.29, 1.82) is 0 Å². The Balaban J connectivity index is 1.92. The third-order valence-electron chi connectivity index (χ3n) is 4.92. The van der Waals surface area contributed by atoms with E-state index in [4.69, 9.17) is 4.74 Å². The predicted molar refractivity (Wildman–Crippen MR) is 117 cm³/mol. The van der Waals surface area contributed by atoms with E-state index in [0.29, 0.717) is 5.01 Å². The molecule has 0 spiro atoms.